The summed E-state index contributed by atoms with van der Waals surface area (Å²) in [6.45, 7) is 2.07. The molecule has 0 aliphatic heterocycles. The van der Waals surface area contributed by atoms with Crippen molar-refractivity contribution in [3.8, 4) is 6.07 Å². The maximum absolute atomic E-state index is 12.0. The minimum atomic E-state index is -0.445. The van der Waals surface area contributed by atoms with Gasteiger partial charge >= 0.3 is 0 Å². The van der Waals surface area contributed by atoms with Crippen LogP contribution in [0.1, 0.15) is 17.1 Å². The van der Waals surface area contributed by atoms with Crippen LogP contribution in [0.3, 0.4) is 0 Å². The third kappa shape index (κ3) is 4.29. The average Bonchev–Trinajstić information content (AvgIpc) is 2.88. The van der Waals surface area contributed by atoms with Crippen molar-refractivity contribution in [3.05, 3.63) is 57.7 Å². The standard InChI is InChI=1S/C15H12BrN3O2/c1-10-2-3-13(21-10)9-19-15(20)12(8-17)6-11-4-5-18-14(16)7-11/h2-7H,9H2,1H3,(H,19,20)/b12-6-. The Labute approximate surface area is 130 Å². The van der Waals surface area contributed by atoms with Crippen molar-refractivity contribution in [2.45, 2.75) is 13.5 Å². The Morgan fingerprint density at radius 1 is 1.52 bits per heavy atom. The monoisotopic (exact) mass is 345 g/mol. The number of carbonyl (C=O) groups is 1. The first-order chi connectivity index (χ1) is 10.1. The van der Waals surface area contributed by atoms with Gasteiger partial charge in [-0.2, -0.15) is 5.26 Å². The number of amides is 1. The summed E-state index contributed by atoms with van der Waals surface area (Å²) in [4.78, 5) is 16.0. The molecular weight excluding hydrogens is 334 g/mol. The molecule has 2 aromatic rings. The lowest BCUT2D eigenvalue weighted by Crippen LogP contribution is -2.23. The Bertz CT molecular complexity index is 729. The summed E-state index contributed by atoms with van der Waals surface area (Å²) >= 11 is 3.24. The van der Waals surface area contributed by atoms with Crippen LogP contribution in [0.15, 0.2) is 45.1 Å². The van der Waals surface area contributed by atoms with Crippen LogP contribution in [-0.4, -0.2) is 10.9 Å². The first kappa shape index (κ1) is 15.0. The number of nitriles is 1. The highest BCUT2D eigenvalue weighted by Gasteiger charge is 2.10. The number of nitrogens with zero attached hydrogens (tertiary/aromatic N) is 2. The highest BCUT2D eigenvalue weighted by atomic mass is 79.9. The molecule has 0 spiro atoms. The molecule has 0 atom stereocenters. The molecule has 1 N–H and O–H groups in total. The van der Waals surface area contributed by atoms with Gasteiger partial charge in [-0.05, 0) is 58.8 Å². The summed E-state index contributed by atoms with van der Waals surface area (Å²) in [5, 5.41) is 11.7. The number of nitrogens with one attached hydrogen (secondary N) is 1. The van der Waals surface area contributed by atoms with Crippen LogP contribution in [0.5, 0.6) is 0 Å². The number of rotatable bonds is 4. The highest BCUT2D eigenvalue weighted by molar-refractivity contribution is 9.10. The van der Waals surface area contributed by atoms with E-state index in [0.717, 1.165) is 11.3 Å². The summed E-state index contributed by atoms with van der Waals surface area (Å²) in [5.74, 6) is 0.973. The fourth-order valence-corrected chi connectivity index (χ4v) is 2.05. The fourth-order valence-electron chi connectivity index (χ4n) is 1.67. The summed E-state index contributed by atoms with van der Waals surface area (Å²) in [6, 6.07) is 8.93. The van der Waals surface area contributed by atoms with Crippen LogP contribution in [0.2, 0.25) is 0 Å². The van der Waals surface area contributed by atoms with Crippen molar-refractivity contribution >= 4 is 27.9 Å². The van der Waals surface area contributed by atoms with E-state index in [1.165, 1.54) is 6.08 Å². The molecule has 2 rings (SSSR count). The van der Waals surface area contributed by atoms with Gasteiger partial charge in [0.15, 0.2) is 0 Å². The van der Waals surface area contributed by atoms with E-state index < -0.39 is 5.91 Å². The quantitative estimate of drug-likeness (QED) is 0.524. The second-order valence-corrected chi connectivity index (χ2v) is 5.09. The molecule has 5 nitrogen and oxygen atoms in total. The lowest BCUT2D eigenvalue weighted by Gasteiger charge is -2.02. The van der Waals surface area contributed by atoms with Crippen molar-refractivity contribution in [1.82, 2.24) is 10.3 Å². The van der Waals surface area contributed by atoms with Gasteiger partial charge in [0.25, 0.3) is 5.91 Å². The fraction of sp³-hybridized carbons (Fsp3) is 0.133. The smallest absolute Gasteiger partial charge is 0.262 e. The predicted octanol–water partition coefficient (Wildman–Crippen LogP) is 2.97. The molecule has 0 bridgehead atoms. The van der Waals surface area contributed by atoms with Crippen LogP contribution in [-0.2, 0) is 11.3 Å². The molecule has 0 fully saturated rings. The second-order valence-electron chi connectivity index (χ2n) is 4.28. The van der Waals surface area contributed by atoms with Crippen molar-refractivity contribution in [2.75, 3.05) is 0 Å². The molecule has 2 aromatic heterocycles. The number of carbonyl (C=O) groups excluding carboxylic acids is 1. The summed E-state index contributed by atoms with van der Waals surface area (Å²) in [6.07, 6.45) is 3.10. The zero-order valence-electron chi connectivity index (χ0n) is 11.3. The van der Waals surface area contributed by atoms with Crippen LogP contribution in [0, 0.1) is 18.3 Å². The summed E-state index contributed by atoms with van der Waals surface area (Å²) < 4.78 is 5.99. The largest absolute Gasteiger partial charge is 0.465 e. The summed E-state index contributed by atoms with van der Waals surface area (Å²) in [7, 11) is 0. The van der Waals surface area contributed by atoms with E-state index >= 15 is 0 Å². The molecule has 6 heteroatoms. The molecule has 2 heterocycles. The lowest BCUT2D eigenvalue weighted by molar-refractivity contribution is -0.117. The number of aryl methyl sites for hydroxylation is 1. The number of halogens is 1. The minimum absolute atomic E-state index is 0.0244. The van der Waals surface area contributed by atoms with Gasteiger partial charge in [-0.1, -0.05) is 0 Å². The molecule has 1 amide bonds. The van der Waals surface area contributed by atoms with E-state index in [1.54, 1.807) is 24.4 Å². The molecule has 0 saturated heterocycles. The molecule has 0 aliphatic carbocycles. The molecule has 0 radical (unpaired) electrons. The summed E-state index contributed by atoms with van der Waals surface area (Å²) in [5.41, 5.74) is 0.744. The lowest BCUT2D eigenvalue weighted by atomic mass is 10.1. The van der Waals surface area contributed by atoms with Crippen LogP contribution in [0.4, 0.5) is 0 Å². The Kier molecular flexibility index (Phi) is 4.90. The first-order valence-corrected chi connectivity index (χ1v) is 6.94. The molecular formula is C15H12BrN3O2. The number of aromatic nitrogens is 1. The van der Waals surface area contributed by atoms with E-state index in [9.17, 15) is 4.79 Å². The Morgan fingerprint density at radius 2 is 2.33 bits per heavy atom. The number of pyridine rings is 1. The van der Waals surface area contributed by atoms with Crippen LogP contribution < -0.4 is 5.32 Å². The third-order valence-corrected chi connectivity index (χ3v) is 3.08. The van der Waals surface area contributed by atoms with Crippen LogP contribution in [0.25, 0.3) is 6.08 Å². The maximum atomic E-state index is 12.0. The van der Waals surface area contributed by atoms with Gasteiger partial charge in [0, 0.05) is 6.20 Å². The van der Waals surface area contributed by atoms with Gasteiger partial charge in [0.1, 0.15) is 27.8 Å². The van der Waals surface area contributed by atoms with Crippen molar-refractivity contribution in [1.29, 1.82) is 5.26 Å². The predicted molar refractivity (Wildman–Crippen MR) is 80.8 cm³/mol. The van der Waals surface area contributed by atoms with E-state index in [1.807, 2.05) is 19.1 Å². The maximum Gasteiger partial charge on any atom is 0.262 e. The van der Waals surface area contributed by atoms with Crippen LogP contribution >= 0.6 is 15.9 Å². The van der Waals surface area contributed by atoms with E-state index in [4.69, 9.17) is 9.68 Å². The molecule has 0 aromatic carbocycles. The van der Waals surface area contributed by atoms with Gasteiger partial charge in [-0.3, -0.25) is 4.79 Å². The van der Waals surface area contributed by atoms with Crippen molar-refractivity contribution in [2.24, 2.45) is 0 Å². The molecule has 21 heavy (non-hydrogen) atoms. The number of hydrogen-bond acceptors (Lipinski definition) is 4. The normalized spacial score (nSPS) is 11.0. The van der Waals surface area contributed by atoms with Gasteiger partial charge in [0.2, 0.25) is 0 Å². The van der Waals surface area contributed by atoms with E-state index in [-0.39, 0.29) is 12.1 Å². The Morgan fingerprint density at radius 3 is 2.95 bits per heavy atom. The molecule has 0 unspecified atom stereocenters. The topological polar surface area (TPSA) is 78.9 Å². The minimum Gasteiger partial charge on any atom is -0.465 e. The van der Waals surface area contributed by atoms with E-state index in [0.29, 0.717) is 10.4 Å². The number of furan rings is 1. The van der Waals surface area contributed by atoms with Gasteiger partial charge in [-0.25, -0.2) is 4.98 Å². The van der Waals surface area contributed by atoms with Crippen molar-refractivity contribution < 1.29 is 9.21 Å². The number of hydrogen-bond donors (Lipinski definition) is 1. The van der Waals surface area contributed by atoms with Gasteiger partial charge < -0.3 is 9.73 Å². The zero-order chi connectivity index (χ0) is 15.2. The Hall–Kier alpha value is -2.39. The zero-order valence-corrected chi connectivity index (χ0v) is 12.8. The SMILES string of the molecule is Cc1ccc(CNC(=O)/C(C#N)=C\c2ccnc(Br)c2)o1. The van der Waals surface area contributed by atoms with Gasteiger partial charge in [-0.15, -0.1) is 0 Å². The van der Waals surface area contributed by atoms with Crippen molar-refractivity contribution in [3.63, 3.8) is 0 Å². The molecule has 106 valence electrons. The first-order valence-electron chi connectivity index (χ1n) is 6.15. The third-order valence-electron chi connectivity index (χ3n) is 2.65. The highest BCUT2D eigenvalue weighted by Crippen LogP contribution is 2.12. The molecule has 0 saturated carbocycles. The molecule has 0 aliphatic rings. The van der Waals surface area contributed by atoms with Gasteiger partial charge in [0.05, 0.1) is 6.54 Å². The van der Waals surface area contributed by atoms with E-state index in [2.05, 4.69) is 26.2 Å². The second kappa shape index (κ2) is 6.86. The Balaban J connectivity index is 2.06. The average molecular weight is 346 g/mol.